The van der Waals surface area contributed by atoms with Crippen molar-refractivity contribution in [3.63, 3.8) is 0 Å². The van der Waals surface area contributed by atoms with Crippen LogP contribution in [0.2, 0.25) is 0 Å². The summed E-state index contributed by atoms with van der Waals surface area (Å²) in [5, 5.41) is 0. The molecule has 0 N–H and O–H groups in total. The summed E-state index contributed by atoms with van der Waals surface area (Å²) in [4.78, 5) is 37.6. The number of aromatic nitrogens is 10. The van der Waals surface area contributed by atoms with Gasteiger partial charge in [-0.3, -0.25) is 9.13 Å². The summed E-state index contributed by atoms with van der Waals surface area (Å²) >= 11 is 0. The first-order valence-electron chi connectivity index (χ1n) is 13.7. The van der Waals surface area contributed by atoms with Crippen LogP contribution in [0, 0.1) is 0 Å². The van der Waals surface area contributed by atoms with E-state index in [0.717, 1.165) is 56.7 Å². The molecular weight excluding hydrogens is 512 g/mol. The first-order valence-corrected chi connectivity index (χ1v) is 13.7. The third-order valence-electron chi connectivity index (χ3n) is 7.33. The topological polar surface area (TPSA) is 113 Å². The van der Waals surface area contributed by atoms with Crippen molar-refractivity contribution < 1.29 is 0 Å². The minimum Gasteiger partial charge on any atom is -0.267 e. The van der Waals surface area contributed by atoms with Crippen molar-refractivity contribution in [3.8, 4) is 11.6 Å². The van der Waals surface area contributed by atoms with Crippen LogP contribution in [0.4, 0.5) is 0 Å². The third-order valence-corrected chi connectivity index (χ3v) is 7.33. The highest BCUT2D eigenvalue weighted by Crippen LogP contribution is 2.32. The van der Waals surface area contributed by atoms with Crippen molar-refractivity contribution >= 4 is 22.3 Å². The van der Waals surface area contributed by atoms with Crippen LogP contribution < -0.4 is 0 Å². The summed E-state index contributed by atoms with van der Waals surface area (Å²) in [5.41, 5.74) is 5.78. The first kappa shape index (κ1) is 26.6. The van der Waals surface area contributed by atoms with E-state index in [9.17, 15) is 0 Å². The lowest BCUT2D eigenvalue weighted by Crippen LogP contribution is -2.23. The molecule has 10 nitrogen and oxygen atoms in total. The Labute approximate surface area is 239 Å². The predicted octanol–water partition coefficient (Wildman–Crippen LogP) is 5.66. The number of rotatable bonds is 4. The molecule has 10 heteroatoms. The monoisotopic (exact) mass is 546 g/mol. The molecule has 208 valence electrons. The Kier molecular flexibility index (Phi) is 5.99. The summed E-state index contributed by atoms with van der Waals surface area (Å²) in [6.07, 6.45) is 6.73. The predicted molar refractivity (Wildman–Crippen MR) is 158 cm³/mol. The molecule has 6 rings (SSSR count). The molecular formula is C31H34N10. The average molecular weight is 547 g/mol. The van der Waals surface area contributed by atoms with Gasteiger partial charge in [-0.05, 0) is 38.1 Å². The molecule has 0 amide bonds. The van der Waals surface area contributed by atoms with E-state index in [1.54, 1.807) is 25.3 Å². The van der Waals surface area contributed by atoms with Gasteiger partial charge in [-0.2, -0.15) is 0 Å². The first-order chi connectivity index (χ1) is 19.4. The largest absolute Gasteiger partial charge is 0.267 e. The fraction of sp³-hybridized carbons (Fsp3) is 0.355. The zero-order valence-corrected chi connectivity index (χ0v) is 24.7. The molecule has 41 heavy (non-hydrogen) atoms. The second-order valence-corrected chi connectivity index (χ2v) is 12.9. The van der Waals surface area contributed by atoms with Crippen molar-refractivity contribution in [3.05, 3.63) is 84.5 Å². The highest BCUT2D eigenvalue weighted by atomic mass is 15.2. The molecule has 0 aromatic carbocycles. The molecule has 6 aromatic heterocycles. The van der Waals surface area contributed by atoms with Crippen molar-refractivity contribution in [1.82, 2.24) is 49.0 Å². The molecule has 0 fully saturated rings. The number of hydrogen-bond acceptors (Lipinski definition) is 8. The second-order valence-electron chi connectivity index (χ2n) is 12.9. The van der Waals surface area contributed by atoms with E-state index >= 15 is 0 Å². The van der Waals surface area contributed by atoms with Gasteiger partial charge in [0.25, 0.3) is 0 Å². The fourth-order valence-corrected chi connectivity index (χ4v) is 5.04. The lowest BCUT2D eigenvalue weighted by atomic mass is 9.84. The Balaban J connectivity index is 1.40. The summed E-state index contributed by atoms with van der Waals surface area (Å²) < 4.78 is 3.83. The molecule has 6 heterocycles. The summed E-state index contributed by atoms with van der Waals surface area (Å²) in [6.45, 7) is 17.0. The number of nitrogens with zero attached hydrogens (tertiary/aromatic N) is 10. The summed E-state index contributed by atoms with van der Waals surface area (Å²) in [7, 11) is 0. The average Bonchev–Trinajstić information content (AvgIpc) is 3.56. The number of hydrogen-bond donors (Lipinski definition) is 0. The normalized spacial score (nSPS) is 12.9. The molecule has 0 aliphatic rings. The lowest BCUT2D eigenvalue weighted by Gasteiger charge is -2.25. The summed E-state index contributed by atoms with van der Waals surface area (Å²) in [5.74, 6) is 1.47. The van der Waals surface area contributed by atoms with Crippen molar-refractivity contribution in [2.75, 3.05) is 0 Å². The molecule has 0 aliphatic carbocycles. The minimum atomic E-state index is -0.504. The maximum Gasteiger partial charge on any atom is 0.169 e. The van der Waals surface area contributed by atoms with Gasteiger partial charge in [0.15, 0.2) is 11.3 Å². The fourth-order valence-electron chi connectivity index (χ4n) is 5.04. The Morgan fingerprint density at radius 1 is 0.512 bits per heavy atom. The van der Waals surface area contributed by atoms with E-state index in [1.807, 2.05) is 45.5 Å². The maximum atomic E-state index is 5.07. The van der Waals surface area contributed by atoms with Crippen molar-refractivity contribution in [1.29, 1.82) is 0 Å². The smallest absolute Gasteiger partial charge is 0.169 e. The molecule has 0 unspecified atom stereocenters. The summed E-state index contributed by atoms with van der Waals surface area (Å²) in [6, 6.07) is 12.0. The van der Waals surface area contributed by atoms with E-state index in [4.69, 9.17) is 9.97 Å². The van der Waals surface area contributed by atoms with Crippen molar-refractivity contribution in [2.45, 2.75) is 71.6 Å². The second kappa shape index (κ2) is 9.22. The van der Waals surface area contributed by atoms with Gasteiger partial charge in [-0.1, -0.05) is 53.7 Å². The SMILES string of the molecule is CC(C)(C)c1ncnc2c1ncn2-c1cccc(C(C)(C)c2cccc(-n3cnc4c(C(C)(C)C)ncnc43)n2)n1. The molecule has 0 aliphatic heterocycles. The van der Waals surface area contributed by atoms with Crippen molar-refractivity contribution in [2.24, 2.45) is 0 Å². The Hall–Kier alpha value is -4.60. The number of pyridine rings is 2. The van der Waals surface area contributed by atoms with Crippen LogP contribution in [0.5, 0.6) is 0 Å². The van der Waals surface area contributed by atoms with Crippen LogP contribution in [-0.4, -0.2) is 49.0 Å². The van der Waals surface area contributed by atoms with Gasteiger partial charge in [0.2, 0.25) is 0 Å². The van der Waals surface area contributed by atoms with Gasteiger partial charge >= 0.3 is 0 Å². The van der Waals surface area contributed by atoms with Crippen LogP contribution >= 0.6 is 0 Å². The Morgan fingerprint density at radius 2 is 0.927 bits per heavy atom. The molecule has 6 aromatic rings. The molecule has 0 spiro atoms. The van der Waals surface area contributed by atoms with Gasteiger partial charge in [0.05, 0.1) is 22.8 Å². The van der Waals surface area contributed by atoms with Crippen LogP contribution in [0.25, 0.3) is 34.0 Å². The standard InChI is InChI=1S/C31H34N10/c1-29(2,3)25-23-27(34-15-32-25)40(17-36-23)21-13-9-11-19(38-21)31(7,8)20-12-10-14-22(39-20)41-18-37-24-26(30(4,5)6)33-16-35-28(24)41/h9-18H,1-8H3. The van der Waals surface area contributed by atoms with E-state index in [1.165, 1.54) is 0 Å². The van der Waals surface area contributed by atoms with Gasteiger partial charge < -0.3 is 0 Å². The van der Waals surface area contributed by atoms with Gasteiger partial charge in [-0.25, -0.2) is 39.9 Å². The van der Waals surface area contributed by atoms with Gasteiger partial charge in [-0.15, -0.1) is 0 Å². The minimum absolute atomic E-state index is 0.158. The molecule has 0 saturated carbocycles. The van der Waals surface area contributed by atoms with E-state index in [-0.39, 0.29) is 10.8 Å². The quantitative estimate of drug-likeness (QED) is 0.279. The Morgan fingerprint density at radius 3 is 1.32 bits per heavy atom. The van der Waals surface area contributed by atoms with E-state index in [0.29, 0.717) is 0 Å². The van der Waals surface area contributed by atoms with Crippen LogP contribution in [-0.2, 0) is 16.2 Å². The highest BCUT2D eigenvalue weighted by molar-refractivity contribution is 5.76. The number of fused-ring (bicyclic) bond motifs is 2. The molecule has 0 bridgehead atoms. The van der Waals surface area contributed by atoms with Crippen LogP contribution in [0.1, 0.15) is 78.2 Å². The lowest BCUT2D eigenvalue weighted by molar-refractivity contribution is 0.572. The van der Waals surface area contributed by atoms with Gasteiger partial charge in [0.1, 0.15) is 48.0 Å². The highest BCUT2D eigenvalue weighted by Gasteiger charge is 2.29. The molecule has 0 saturated heterocycles. The molecule has 0 atom stereocenters. The van der Waals surface area contributed by atoms with E-state index < -0.39 is 5.41 Å². The van der Waals surface area contributed by atoms with Crippen LogP contribution in [0.15, 0.2) is 61.7 Å². The van der Waals surface area contributed by atoms with Gasteiger partial charge in [0, 0.05) is 16.2 Å². The van der Waals surface area contributed by atoms with E-state index in [2.05, 4.69) is 85.3 Å². The Bertz CT molecular complexity index is 1760. The maximum absolute atomic E-state index is 5.07. The molecule has 0 radical (unpaired) electrons. The number of imidazole rings is 2. The zero-order valence-electron chi connectivity index (χ0n) is 24.7. The van der Waals surface area contributed by atoms with Crippen LogP contribution in [0.3, 0.4) is 0 Å². The third kappa shape index (κ3) is 4.53. The zero-order chi connectivity index (χ0) is 29.2.